The fourth-order valence-electron chi connectivity index (χ4n) is 0.813. The van der Waals surface area contributed by atoms with Gasteiger partial charge in [-0.25, -0.2) is 0 Å². The molecular weight excluding hydrogens is 226 g/mol. The van der Waals surface area contributed by atoms with Crippen LogP contribution in [0.15, 0.2) is 0 Å². The molecule has 0 radical (unpaired) electrons. The van der Waals surface area contributed by atoms with E-state index in [9.17, 15) is 14.4 Å². The molecule has 0 heterocycles. The lowest BCUT2D eigenvalue weighted by molar-refractivity contribution is -0.196. The lowest BCUT2D eigenvalue weighted by Gasteiger charge is -2.21. The van der Waals surface area contributed by atoms with Gasteiger partial charge in [-0.2, -0.15) is 0 Å². The van der Waals surface area contributed by atoms with E-state index in [0.717, 1.165) is 6.92 Å². The third-order valence-corrected chi connectivity index (χ3v) is 1.66. The zero-order valence-electron chi connectivity index (χ0n) is 10.8. The van der Waals surface area contributed by atoms with E-state index in [4.69, 9.17) is 4.74 Å². The molecule has 0 bridgehead atoms. The van der Waals surface area contributed by atoms with Crippen molar-refractivity contribution in [3.05, 3.63) is 0 Å². The van der Waals surface area contributed by atoms with E-state index in [-0.39, 0.29) is 0 Å². The summed E-state index contributed by atoms with van der Waals surface area (Å²) in [6.45, 7) is 8.10. The van der Waals surface area contributed by atoms with Crippen LogP contribution in [0.4, 0.5) is 0 Å². The maximum Gasteiger partial charge on any atom is 0.326 e. The second-order valence-corrected chi connectivity index (χ2v) is 4.49. The fraction of sp³-hybridized carbons (Fsp3) is 0.727. The minimum absolute atomic E-state index is 0.351. The van der Waals surface area contributed by atoms with E-state index in [0.29, 0.717) is 6.54 Å². The number of rotatable bonds is 4. The van der Waals surface area contributed by atoms with Crippen LogP contribution in [-0.4, -0.2) is 30.7 Å². The van der Waals surface area contributed by atoms with Gasteiger partial charge in [0.1, 0.15) is 0 Å². The summed E-state index contributed by atoms with van der Waals surface area (Å²) in [5, 5.41) is 2.41. The molecular formula is C11H19NO5. The van der Waals surface area contributed by atoms with Gasteiger partial charge in [0.15, 0.2) is 0 Å². The number of hydrogen-bond acceptors (Lipinski definition) is 5. The largest absolute Gasteiger partial charge is 0.416 e. The summed E-state index contributed by atoms with van der Waals surface area (Å²) < 4.78 is 9.48. The molecule has 0 aliphatic rings. The molecule has 1 unspecified atom stereocenters. The van der Waals surface area contributed by atoms with E-state index in [2.05, 4.69) is 10.1 Å². The van der Waals surface area contributed by atoms with Gasteiger partial charge in [-0.15, -0.1) is 0 Å². The third-order valence-electron chi connectivity index (χ3n) is 1.66. The highest BCUT2D eigenvalue weighted by Crippen LogP contribution is 2.16. The molecule has 1 atom stereocenters. The van der Waals surface area contributed by atoms with Gasteiger partial charge in [-0.1, -0.05) is 0 Å². The molecule has 0 aromatic carbocycles. The molecule has 1 N–H and O–H groups in total. The summed E-state index contributed by atoms with van der Waals surface area (Å²) >= 11 is 0. The number of hydrogen-bond donors (Lipinski definition) is 1. The Bertz CT molecular complexity index is 305. The molecule has 17 heavy (non-hydrogen) atoms. The normalized spacial score (nSPS) is 12.5. The standard InChI is InChI=1S/C11H19NO5/c1-6-12-8(14)9(16-7(2)13)17-10(15)11(3,4)5/h9H,6H2,1-5H3,(H,12,14). The molecule has 1 amide bonds. The van der Waals surface area contributed by atoms with Gasteiger partial charge in [0.05, 0.1) is 5.41 Å². The molecule has 98 valence electrons. The SMILES string of the molecule is CCNC(=O)C(OC(C)=O)OC(=O)C(C)(C)C. The number of amides is 1. The monoisotopic (exact) mass is 245 g/mol. The van der Waals surface area contributed by atoms with Crippen LogP contribution in [0, 0.1) is 5.41 Å². The Labute approximate surface area is 101 Å². The van der Waals surface area contributed by atoms with Crippen LogP contribution in [0.1, 0.15) is 34.6 Å². The summed E-state index contributed by atoms with van der Waals surface area (Å²) in [7, 11) is 0. The van der Waals surface area contributed by atoms with E-state index >= 15 is 0 Å². The predicted molar refractivity (Wildman–Crippen MR) is 59.8 cm³/mol. The average Bonchev–Trinajstić information content (AvgIpc) is 2.14. The predicted octanol–water partition coefficient (Wildman–Crippen LogP) is 0.601. The molecule has 0 saturated heterocycles. The van der Waals surface area contributed by atoms with E-state index < -0.39 is 29.6 Å². The Hall–Kier alpha value is -1.59. The highest BCUT2D eigenvalue weighted by atomic mass is 16.7. The highest BCUT2D eigenvalue weighted by Gasteiger charge is 2.31. The maximum absolute atomic E-state index is 11.6. The highest BCUT2D eigenvalue weighted by molar-refractivity contribution is 5.85. The summed E-state index contributed by atoms with van der Waals surface area (Å²) in [4.78, 5) is 33.8. The van der Waals surface area contributed by atoms with Crippen molar-refractivity contribution in [2.75, 3.05) is 6.54 Å². The number of likely N-dealkylation sites (N-methyl/N-ethyl adjacent to an activating group) is 1. The van der Waals surface area contributed by atoms with Gasteiger partial charge in [0.2, 0.25) is 0 Å². The van der Waals surface area contributed by atoms with Crippen molar-refractivity contribution in [2.45, 2.75) is 40.9 Å². The number of carbonyl (C=O) groups is 3. The molecule has 0 aliphatic carbocycles. The fourth-order valence-corrected chi connectivity index (χ4v) is 0.813. The first-order chi connectivity index (χ1) is 7.68. The Balaban J connectivity index is 4.65. The maximum atomic E-state index is 11.6. The Morgan fingerprint density at radius 2 is 1.71 bits per heavy atom. The number of carbonyl (C=O) groups excluding carboxylic acids is 3. The summed E-state index contributed by atoms with van der Waals surface area (Å²) in [6, 6.07) is 0. The second kappa shape index (κ2) is 6.22. The van der Waals surface area contributed by atoms with Crippen LogP contribution in [0.25, 0.3) is 0 Å². The molecule has 0 saturated carbocycles. The molecule has 0 aromatic heterocycles. The van der Waals surface area contributed by atoms with Crippen LogP contribution in [0.3, 0.4) is 0 Å². The van der Waals surface area contributed by atoms with Crippen molar-refractivity contribution in [1.82, 2.24) is 5.32 Å². The molecule has 0 rings (SSSR count). The van der Waals surface area contributed by atoms with Gasteiger partial charge in [0.25, 0.3) is 0 Å². The third kappa shape index (κ3) is 5.89. The zero-order valence-corrected chi connectivity index (χ0v) is 10.8. The summed E-state index contributed by atoms with van der Waals surface area (Å²) in [5.41, 5.74) is -0.773. The van der Waals surface area contributed by atoms with Crippen LogP contribution < -0.4 is 5.32 Å². The first-order valence-electron chi connectivity index (χ1n) is 5.34. The second-order valence-electron chi connectivity index (χ2n) is 4.49. The van der Waals surface area contributed by atoms with Crippen molar-refractivity contribution in [3.63, 3.8) is 0 Å². The molecule has 0 aliphatic heterocycles. The lowest BCUT2D eigenvalue weighted by Crippen LogP contribution is -2.42. The first-order valence-corrected chi connectivity index (χ1v) is 5.34. The van der Waals surface area contributed by atoms with E-state index in [1.807, 2.05) is 0 Å². The van der Waals surface area contributed by atoms with Gasteiger partial charge in [-0.05, 0) is 27.7 Å². The van der Waals surface area contributed by atoms with Gasteiger partial charge < -0.3 is 14.8 Å². The summed E-state index contributed by atoms with van der Waals surface area (Å²) in [6.07, 6.45) is -1.53. The Morgan fingerprint density at radius 3 is 2.06 bits per heavy atom. The zero-order chi connectivity index (χ0) is 13.6. The van der Waals surface area contributed by atoms with Gasteiger partial charge in [0, 0.05) is 13.5 Å². The summed E-state index contributed by atoms with van der Waals surface area (Å²) in [5.74, 6) is -1.96. The number of ether oxygens (including phenoxy) is 2. The number of nitrogens with one attached hydrogen (secondary N) is 1. The average molecular weight is 245 g/mol. The first kappa shape index (κ1) is 15.4. The Morgan fingerprint density at radius 1 is 1.18 bits per heavy atom. The van der Waals surface area contributed by atoms with Crippen molar-refractivity contribution >= 4 is 17.8 Å². The van der Waals surface area contributed by atoms with E-state index in [1.54, 1.807) is 27.7 Å². The van der Waals surface area contributed by atoms with Gasteiger partial charge in [-0.3, -0.25) is 14.4 Å². The number of esters is 2. The quantitative estimate of drug-likeness (QED) is 0.579. The van der Waals surface area contributed by atoms with Crippen LogP contribution in [-0.2, 0) is 23.9 Å². The van der Waals surface area contributed by atoms with E-state index in [1.165, 1.54) is 0 Å². The molecule has 6 heteroatoms. The van der Waals surface area contributed by atoms with Crippen molar-refractivity contribution < 1.29 is 23.9 Å². The Kier molecular flexibility index (Phi) is 5.64. The van der Waals surface area contributed by atoms with Crippen LogP contribution in [0.5, 0.6) is 0 Å². The van der Waals surface area contributed by atoms with Crippen molar-refractivity contribution in [3.8, 4) is 0 Å². The molecule has 0 aromatic rings. The molecule has 6 nitrogen and oxygen atoms in total. The topological polar surface area (TPSA) is 81.7 Å². The van der Waals surface area contributed by atoms with Gasteiger partial charge >= 0.3 is 24.1 Å². The molecule has 0 spiro atoms. The minimum Gasteiger partial charge on any atom is -0.416 e. The van der Waals surface area contributed by atoms with Crippen molar-refractivity contribution in [1.29, 1.82) is 0 Å². The smallest absolute Gasteiger partial charge is 0.326 e. The molecule has 0 fully saturated rings. The minimum atomic E-state index is -1.53. The van der Waals surface area contributed by atoms with Crippen LogP contribution in [0.2, 0.25) is 0 Å². The lowest BCUT2D eigenvalue weighted by atomic mass is 9.97. The van der Waals surface area contributed by atoms with Crippen LogP contribution >= 0.6 is 0 Å². The van der Waals surface area contributed by atoms with Crippen molar-refractivity contribution in [2.24, 2.45) is 5.41 Å².